The fraction of sp³-hybridized carbons (Fsp3) is 1.00. The molecule has 18 heavy (non-hydrogen) atoms. The van der Waals surface area contributed by atoms with Crippen molar-refractivity contribution in [1.82, 2.24) is 4.90 Å². The van der Waals surface area contributed by atoms with Crippen molar-refractivity contribution in [1.29, 1.82) is 0 Å². The van der Waals surface area contributed by atoms with Crippen LogP contribution >= 0.6 is 0 Å². The van der Waals surface area contributed by atoms with Crippen LogP contribution in [0.3, 0.4) is 0 Å². The average molecular weight is 256 g/mol. The van der Waals surface area contributed by atoms with Gasteiger partial charge in [0.05, 0.1) is 12.7 Å². The van der Waals surface area contributed by atoms with E-state index in [4.69, 9.17) is 15.2 Å². The molecular weight excluding hydrogens is 228 g/mol. The lowest BCUT2D eigenvalue weighted by atomic mass is 9.89. The highest BCUT2D eigenvalue weighted by molar-refractivity contribution is 4.88. The fourth-order valence-corrected chi connectivity index (χ4v) is 3.33. The molecule has 3 atom stereocenters. The van der Waals surface area contributed by atoms with Gasteiger partial charge in [-0.2, -0.15) is 0 Å². The molecule has 2 saturated heterocycles. The standard InChI is InChI=1S/C14H28N2O2/c1-3-13-10-18-11(2)9-16(13)14(8-15)12-4-6-17-7-5-12/h11-14H,3-10,15H2,1-2H3. The van der Waals surface area contributed by atoms with E-state index in [1.807, 2.05) is 0 Å². The maximum Gasteiger partial charge on any atom is 0.0674 e. The third kappa shape index (κ3) is 3.23. The van der Waals surface area contributed by atoms with Gasteiger partial charge in [0.2, 0.25) is 0 Å². The van der Waals surface area contributed by atoms with E-state index in [0.717, 1.165) is 52.2 Å². The van der Waals surface area contributed by atoms with Crippen molar-refractivity contribution in [3.05, 3.63) is 0 Å². The monoisotopic (exact) mass is 256 g/mol. The molecule has 0 amide bonds. The third-order valence-electron chi connectivity index (χ3n) is 4.46. The topological polar surface area (TPSA) is 47.7 Å². The second kappa shape index (κ2) is 6.85. The molecule has 2 aliphatic rings. The van der Waals surface area contributed by atoms with Gasteiger partial charge >= 0.3 is 0 Å². The molecule has 2 N–H and O–H groups in total. The van der Waals surface area contributed by atoms with Crippen molar-refractivity contribution in [3.63, 3.8) is 0 Å². The molecule has 106 valence electrons. The van der Waals surface area contributed by atoms with E-state index in [-0.39, 0.29) is 0 Å². The van der Waals surface area contributed by atoms with Crippen LogP contribution in [0.4, 0.5) is 0 Å². The Bertz CT molecular complexity index is 244. The largest absolute Gasteiger partial charge is 0.381 e. The molecule has 2 rings (SSSR count). The van der Waals surface area contributed by atoms with E-state index in [1.165, 1.54) is 0 Å². The lowest BCUT2D eigenvalue weighted by Gasteiger charge is -2.46. The summed E-state index contributed by atoms with van der Waals surface area (Å²) in [7, 11) is 0. The molecule has 0 bridgehead atoms. The first-order valence-electron chi connectivity index (χ1n) is 7.41. The van der Waals surface area contributed by atoms with Crippen molar-refractivity contribution in [2.24, 2.45) is 11.7 Å². The first-order valence-corrected chi connectivity index (χ1v) is 7.41. The van der Waals surface area contributed by atoms with E-state index < -0.39 is 0 Å². The Morgan fingerprint density at radius 1 is 1.33 bits per heavy atom. The number of morpholine rings is 1. The van der Waals surface area contributed by atoms with Gasteiger partial charge in [0.15, 0.2) is 0 Å². The maximum absolute atomic E-state index is 6.07. The average Bonchev–Trinajstić information content (AvgIpc) is 2.41. The summed E-state index contributed by atoms with van der Waals surface area (Å²) < 4.78 is 11.3. The van der Waals surface area contributed by atoms with Crippen LogP contribution in [0.5, 0.6) is 0 Å². The molecule has 4 nitrogen and oxygen atoms in total. The van der Waals surface area contributed by atoms with Crippen LogP contribution in [-0.2, 0) is 9.47 Å². The summed E-state index contributed by atoms with van der Waals surface area (Å²) in [5.41, 5.74) is 6.07. The van der Waals surface area contributed by atoms with E-state index in [9.17, 15) is 0 Å². The smallest absolute Gasteiger partial charge is 0.0674 e. The van der Waals surface area contributed by atoms with Gasteiger partial charge in [-0.1, -0.05) is 6.92 Å². The summed E-state index contributed by atoms with van der Waals surface area (Å²) in [6.07, 6.45) is 3.79. The zero-order valence-corrected chi connectivity index (χ0v) is 11.8. The van der Waals surface area contributed by atoms with Gasteiger partial charge in [-0.25, -0.2) is 0 Å². The minimum atomic E-state index is 0.335. The van der Waals surface area contributed by atoms with Crippen molar-refractivity contribution in [2.75, 3.05) is 32.9 Å². The van der Waals surface area contributed by atoms with Gasteiger partial charge in [-0.05, 0) is 32.1 Å². The Kier molecular flexibility index (Phi) is 5.42. The van der Waals surface area contributed by atoms with E-state index in [2.05, 4.69) is 18.7 Å². The van der Waals surface area contributed by atoms with Gasteiger partial charge in [-0.3, -0.25) is 4.90 Å². The molecule has 0 aromatic carbocycles. The van der Waals surface area contributed by atoms with Gasteiger partial charge in [0.25, 0.3) is 0 Å². The molecule has 4 heteroatoms. The van der Waals surface area contributed by atoms with Crippen LogP contribution in [0.2, 0.25) is 0 Å². The van der Waals surface area contributed by atoms with Crippen LogP contribution in [0.15, 0.2) is 0 Å². The number of hydrogen-bond acceptors (Lipinski definition) is 4. The summed E-state index contributed by atoms with van der Waals surface area (Å²) in [5, 5.41) is 0. The Labute approximate surface area is 111 Å². The number of nitrogens with two attached hydrogens (primary N) is 1. The molecule has 3 unspecified atom stereocenters. The third-order valence-corrected chi connectivity index (χ3v) is 4.46. The molecule has 0 saturated carbocycles. The summed E-state index contributed by atoms with van der Waals surface area (Å²) >= 11 is 0. The molecule has 0 aliphatic carbocycles. The highest BCUT2D eigenvalue weighted by atomic mass is 16.5. The van der Waals surface area contributed by atoms with Gasteiger partial charge < -0.3 is 15.2 Å². The summed E-state index contributed by atoms with van der Waals surface area (Å²) in [6, 6.07) is 1.04. The van der Waals surface area contributed by atoms with E-state index in [0.29, 0.717) is 24.1 Å². The first kappa shape index (κ1) is 14.3. The van der Waals surface area contributed by atoms with Crippen molar-refractivity contribution in [3.8, 4) is 0 Å². The minimum absolute atomic E-state index is 0.335. The van der Waals surface area contributed by atoms with Crippen LogP contribution < -0.4 is 5.73 Å². The number of ether oxygens (including phenoxy) is 2. The van der Waals surface area contributed by atoms with Crippen LogP contribution in [0, 0.1) is 5.92 Å². The maximum atomic E-state index is 6.07. The number of nitrogens with zero attached hydrogens (tertiary/aromatic N) is 1. The molecule has 2 aliphatic heterocycles. The normalized spacial score (nSPS) is 33.5. The number of rotatable bonds is 4. The van der Waals surface area contributed by atoms with Crippen molar-refractivity contribution < 1.29 is 9.47 Å². The summed E-state index contributed by atoms with van der Waals surface area (Å²) in [6.45, 7) is 8.85. The Hall–Kier alpha value is -0.160. The second-order valence-electron chi connectivity index (χ2n) is 5.66. The molecule has 2 fully saturated rings. The van der Waals surface area contributed by atoms with Crippen molar-refractivity contribution in [2.45, 2.75) is 51.3 Å². The van der Waals surface area contributed by atoms with E-state index in [1.54, 1.807) is 0 Å². The molecule has 0 aromatic heterocycles. The quantitative estimate of drug-likeness (QED) is 0.822. The molecule has 0 aromatic rings. The van der Waals surface area contributed by atoms with Crippen LogP contribution in [-0.4, -0.2) is 56.0 Å². The van der Waals surface area contributed by atoms with Gasteiger partial charge in [0, 0.05) is 38.4 Å². The summed E-state index contributed by atoms with van der Waals surface area (Å²) in [4.78, 5) is 2.62. The van der Waals surface area contributed by atoms with Crippen LogP contribution in [0.1, 0.15) is 33.1 Å². The van der Waals surface area contributed by atoms with Gasteiger partial charge in [-0.15, -0.1) is 0 Å². The molecule has 0 radical (unpaired) electrons. The zero-order valence-electron chi connectivity index (χ0n) is 11.8. The molecular formula is C14H28N2O2. The first-order chi connectivity index (χ1) is 8.76. The summed E-state index contributed by atoms with van der Waals surface area (Å²) in [5.74, 6) is 0.697. The predicted octanol–water partition coefficient (Wildman–Crippen LogP) is 1.24. The highest BCUT2D eigenvalue weighted by Gasteiger charge is 2.35. The SMILES string of the molecule is CCC1COC(C)CN1C(CN)C1CCOCC1. The Morgan fingerprint density at radius 3 is 2.67 bits per heavy atom. The van der Waals surface area contributed by atoms with Gasteiger partial charge in [0.1, 0.15) is 0 Å². The Morgan fingerprint density at radius 2 is 2.06 bits per heavy atom. The second-order valence-corrected chi connectivity index (χ2v) is 5.66. The molecule has 2 heterocycles. The number of hydrogen-bond donors (Lipinski definition) is 1. The Balaban J connectivity index is 2.03. The van der Waals surface area contributed by atoms with Crippen LogP contribution in [0.25, 0.3) is 0 Å². The zero-order chi connectivity index (χ0) is 13.0. The van der Waals surface area contributed by atoms with E-state index >= 15 is 0 Å². The van der Waals surface area contributed by atoms with Crippen molar-refractivity contribution >= 4 is 0 Å². The fourth-order valence-electron chi connectivity index (χ4n) is 3.33. The lowest BCUT2D eigenvalue weighted by Crippen LogP contribution is -2.58. The lowest BCUT2D eigenvalue weighted by molar-refractivity contribution is -0.0878. The predicted molar refractivity (Wildman–Crippen MR) is 72.6 cm³/mol. The molecule has 0 spiro atoms. The minimum Gasteiger partial charge on any atom is -0.381 e. The highest BCUT2D eigenvalue weighted by Crippen LogP contribution is 2.27.